The van der Waals surface area contributed by atoms with Gasteiger partial charge < -0.3 is 5.73 Å². The molecule has 0 radical (unpaired) electrons. The molecule has 6 heteroatoms. The average molecular weight is 520 g/mol. The van der Waals surface area contributed by atoms with E-state index in [0.29, 0.717) is 22.8 Å². The number of allylic oxidation sites excluding steroid dienone is 1. The van der Waals surface area contributed by atoms with E-state index in [4.69, 9.17) is 11.1 Å². The number of nitrogen functional groups attached to an aromatic ring is 1. The molecule has 0 saturated carbocycles. The number of fused-ring (bicyclic) bond motifs is 2. The van der Waals surface area contributed by atoms with Gasteiger partial charge in [0.15, 0.2) is 5.69 Å². The van der Waals surface area contributed by atoms with Gasteiger partial charge in [-0.05, 0) is 58.5 Å². The van der Waals surface area contributed by atoms with Crippen LogP contribution in [0.4, 0.5) is 22.7 Å². The first-order valence-electron chi connectivity index (χ1n) is 13.0. The molecule has 5 N–H and O–H groups in total. The lowest BCUT2D eigenvalue weighted by molar-refractivity contribution is -0.577. The van der Waals surface area contributed by atoms with E-state index in [0.717, 1.165) is 44.4 Å². The van der Waals surface area contributed by atoms with Crippen molar-refractivity contribution in [3.05, 3.63) is 138 Å². The quantitative estimate of drug-likeness (QED) is 0.0692. The number of azo groups is 1. The molecule has 5 aromatic carbocycles. The molecule has 0 heterocycles. The van der Waals surface area contributed by atoms with Crippen molar-refractivity contribution < 1.29 is 5.43 Å². The Hall–Kier alpha value is -5.46. The molecule has 0 bridgehead atoms. The molecule has 6 nitrogen and oxygen atoms in total. The molecular weight excluding hydrogens is 492 g/mol. The summed E-state index contributed by atoms with van der Waals surface area (Å²) in [6.07, 6.45) is 8.03. The summed E-state index contributed by atoms with van der Waals surface area (Å²) in [5.74, 6) is 0. The first-order valence-corrected chi connectivity index (χ1v) is 13.0. The van der Waals surface area contributed by atoms with Crippen LogP contribution in [-0.2, 0) is 0 Å². The van der Waals surface area contributed by atoms with Crippen LogP contribution in [0.15, 0.2) is 131 Å². The van der Waals surface area contributed by atoms with E-state index in [9.17, 15) is 0 Å². The highest BCUT2D eigenvalue weighted by Crippen LogP contribution is 2.32. The first kappa shape index (κ1) is 24.9. The van der Waals surface area contributed by atoms with E-state index in [1.165, 1.54) is 0 Å². The van der Waals surface area contributed by atoms with Gasteiger partial charge in [-0.25, -0.2) is 0 Å². The molecule has 0 aliphatic heterocycles. The predicted octanol–water partition coefficient (Wildman–Crippen LogP) is 7.65. The van der Waals surface area contributed by atoms with Crippen molar-refractivity contribution >= 4 is 63.2 Å². The van der Waals surface area contributed by atoms with E-state index in [1.54, 1.807) is 5.43 Å². The lowest BCUT2D eigenvalue weighted by atomic mass is 9.94. The smallest absolute Gasteiger partial charge is 0.155 e. The van der Waals surface area contributed by atoms with Crippen LogP contribution in [0.5, 0.6) is 0 Å². The van der Waals surface area contributed by atoms with E-state index < -0.39 is 0 Å². The number of benzene rings is 5. The Morgan fingerprint density at radius 2 is 1.38 bits per heavy atom. The molecule has 1 aliphatic rings. The predicted molar refractivity (Wildman–Crippen MR) is 166 cm³/mol. The summed E-state index contributed by atoms with van der Waals surface area (Å²) in [4.78, 5) is 0. The van der Waals surface area contributed by atoms with Crippen molar-refractivity contribution in [2.45, 2.75) is 0 Å². The van der Waals surface area contributed by atoms with Gasteiger partial charge in [0.1, 0.15) is 11.4 Å². The molecule has 192 valence electrons. The summed E-state index contributed by atoms with van der Waals surface area (Å²) >= 11 is 0. The molecule has 6 rings (SSSR count). The summed E-state index contributed by atoms with van der Waals surface area (Å²) in [6, 6.07) is 35.8. The number of nitrogens with zero attached hydrogens (tertiary/aromatic N) is 3. The molecule has 0 aromatic heterocycles. The van der Waals surface area contributed by atoms with Crippen LogP contribution >= 0.6 is 0 Å². The molecule has 0 unspecified atom stereocenters. The van der Waals surface area contributed by atoms with Crippen molar-refractivity contribution in [2.24, 2.45) is 15.3 Å². The third-order valence-corrected chi connectivity index (χ3v) is 6.78. The highest BCUT2D eigenvalue weighted by atomic mass is 15.3. The van der Waals surface area contributed by atoms with Crippen LogP contribution in [0.1, 0.15) is 22.3 Å². The van der Waals surface area contributed by atoms with Gasteiger partial charge in [0.2, 0.25) is 0 Å². The Bertz CT molecular complexity index is 1830. The van der Waals surface area contributed by atoms with Crippen LogP contribution < -0.4 is 11.2 Å². The monoisotopic (exact) mass is 519 g/mol. The van der Waals surface area contributed by atoms with E-state index in [-0.39, 0.29) is 0 Å². The fraction of sp³-hybridized carbons (Fsp3) is 0. The molecule has 0 saturated heterocycles. The van der Waals surface area contributed by atoms with Crippen molar-refractivity contribution in [3.8, 4) is 0 Å². The minimum absolute atomic E-state index is 0.444. The fourth-order valence-electron chi connectivity index (χ4n) is 4.53. The lowest BCUT2D eigenvalue weighted by Gasteiger charge is -2.11. The van der Waals surface area contributed by atoms with E-state index >= 15 is 0 Å². The third-order valence-electron chi connectivity index (χ3n) is 6.78. The summed E-state index contributed by atoms with van der Waals surface area (Å²) in [6.45, 7) is 0. The topological polar surface area (TPSA) is 104 Å². The lowest BCUT2D eigenvalue weighted by Crippen LogP contribution is -2.71. The number of rotatable bonds is 6. The van der Waals surface area contributed by atoms with E-state index in [2.05, 4.69) is 39.6 Å². The van der Waals surface area contributed by atoms with Crippen LogP contribution in [0.3, 0.4) is 0 Å². The summed E-state index contributed by atoms with van der Waals surface area (Å²) in [5, 5.41) is 23.8. The van der Waals surface area contributed by atoms with Gasteiger partial charge in [-0.1, -0.05) is 90.1 Å². The van der Waals surface area contributed by atoms with Gasteiger partial charge in [-0.15, -0.1) is 5.11 Å². The Morgan fingerprint density at radius 3 is 2.17 bits per heavy atom. The third kappa shape index (κ3) is 5.38. The summed E-state index contributed by atoms with van der Waals surface area (Å²) in [7, 11) is 0. The normalized spacial score (nSPS) is 14.0. The highest BCUT2D eigenvalue weighted by molar-refractivity contribution is 6.53. The maximum absolute atomic E-state index is 8.45. The van der Waals surface area contributed by atoms with Crippen LogP contribution in [0, 0.1) is 5.41 Å². The fourth-order valence-corrected chi connectivity index (χ4v) is 4.53. The second-order valence-electron chi connectivity index (χ2n) is 9.45. The van der Waals surface area contributed by atoms with Crippen molar-refractivity contribution in [2.75, 3.05) is 5.73 Å². The zero-order valence-corrected chi connectivity index (χ0v) is 21.7. The molecular formula is C34H27N6+. The largest absolute Gasteiger partial charge is 0.396 e. The number of nitrogens with one attached hydrogen (secondary N) is 1. The maximum Gasteiger partial charge on any atom is 0.155 e. The first-order chi connectivity index (χ1) is 19.6. The molecule has 5 aromatic rings. The van der Waals surface area contributed by atoms with Gasteiger partial charge in [-0.2, -0.15) is 10.5 Å². The Morgan fingerprint density at radius 1 is 0.675 bits per heavy atom. The second-order valence-corrected chi connectivity index (χ2v) is 9.45. The molecule has 0 spiro atoms. The number of hydrogen-bond donors (Lipinski definition) is 3. The van der Waals surface area contributed by atoms with Gasteiger partial charge in [0, 0.05) is 23.1 Å². The number of nitrogens with two attached hydrogens (primary N) is 2. The summed E-state index contributed by atoms with van der Waals surface area (Å²) < 4.78 is 0. The molecule has 1 aliphatic carbocycles. The Balaban J connectivity index is 1.07. The second kappa shape index (κ2) is 11.1. The van der Waals surface area contributed by atoms with Crippen LogP contribution in [0.25, 0.3) is 29.0 Å². The van der Waals surface area contributed by atoms with Crippen LogP contribution in [-0.4, -0.2) is 11.4 Å². The van der Waals surface area contributed by atoms with Crippen LogP contribution in [0.2, 0.25) is 0 Å². The van der Waals surface area contributed by atoms with Gasteiger partial charge >= 0.3 is 0 Å². The molecule has 0 fully saturated rings. The highest BCUT2D eigenvalue weighted by Gasteiger charge is 2.16. The molecule has 0 atom stereocenters. The number of quaternary nitrogens is 1. The van der Waals surface area contributed by atoms with Crippen molar-refractivity contribution in [1.29, 1.82) is 5.41 Å². The van der Waals surface area contributed by atoms with Gasteiger partial charge in [0.25, 0.3) is 0 Å². The minimum Gasteiger partial charge on any atom is -0.396 e. The zero-order chi connectivity index (χ0) is 27.3. The SMILES string of the molecule is N=C1C(=N[NH2+]c2ccc(C=Cc3ccc(N=Nc4ccc5ccccc5c4N)cc3)cc2)C=Cc2ccccc21. The molecule has 0 amide bonds. The van der Waals surface area contributed by atoms with Crippen molar-refractivity contribution in [3.63, 3.8) is 0 Å². The zero-order valence-electron chi connectivity index (χ0n) is 21.7. The standard InChI is InChI=1S/C34H26N6/c35-33-29-7-3-1-5-25(29)15-21-31(33)39-37-27-17-11-23(12-18-27)9-10-24-13-19-28(20-14-24)38-40-32-22-16-26-6-2-4-8-30(26)34(32)36/h1-22,35,37H,36H2/p+1. The maximum atomic E-state index is 8.45. The van der Waals surface area contributed by atoms with Gasteiger partial charge in [-0.3, -0.25) is 5.41 Å². The number of anilines is 1. The van der Waals surface area contributed by atoms with E-state index in [1.807, 2.05) is 109 Å². The minimum atomic E-state index is 0.444. The molecule has 40 heavy (non-hydrogen) atoms. The van der Waals surface area contributed by atoms with Crippen molar-refractivity contribution in [1.82, 2.24) is 0 Å². The van der Waals surface area contributed by atoms with Gasteiger partial charge in [0.05, 0.1) is 17.1 Å². The Labute approximate surface area is 232 Å². The summed E-state index contributed by atoms with van der Waals surface area (Å²) in [5.41, 5.74) is 16.3. The Kier molecular flexibility index (Phi) is 6.90. The number of hydrogen-bond acceptors (Lipinski definition) is 5. The average Bonchev–Trinajstić information content (AvgIpc) is 3.01.